The zero-order valence-corrected chi connectivity index (χ0v) is 79.1. The number of unbranched alkanes of at least 4 members (excludes halogenated alkanes) is 25. The quantitative estimate of drug-likeness (QED) is 0.0200. The van der Waals surface area contributed by atoms with Gasteiger partial charge < -0.3 is 205 Å². The summed E-state index contributed by atoms with van der Waals surface area (Å²) in [7, 11) is 0. The van der Waals surface area contributed by atoms with E-state index in [1.54, 1.807) is 6.08 Å². The van der Waals surface area contributed by atoms with Crippen molar-refractivity contribution in [1.82, 2.24) is 21.3 Å². The molecule has 0 spiro atoms. The van der Waals surface area contributed by atoms with Crippen molar-refractivity contribution in [2.45, 2.75) is 472 Å². The van der Waals surface area contributed by atoms with Crippen molar-refractivity contribution in [3.8, 4) is 0 Å². The van der Waals surface area contributed by atoms with Gasteiger partial charge in [0.25, 0.3) is 11.6 Å². The van der Waals surface area contributed by atoms with Crippen LogP contribution in [0.5, 0.6) is 0 Å². The van der Waals surface area contributed by atoms with Gasteiger partial charge in [-0.3, -0.25) is 19.2 Å². The average molecular weight is 1980 g/mol. The molecule has 137 heavy (non-hydrogen) atoms. The molecule has 0 aromatic heterocycles. The van der Waals surface area contributed by atoms with E-state index in [4.69, 9.17) is 66.3 Å². The SMILES string of the molecule is CCCCCCCCCCCCC/C=C/[C@@H](O)[C@H](CO[C@@H]1O[C@H](CO)[C@@H](O[C@@H]2O[C@H](CO)[C@H](O)[C@H](O[C@@H]3O[C@H](CO[C@]4(C(=O)O)C[C@H](O)[C@@H](NC(C)=O)[C@H]([C@H](O)[C@H](O)CO)O4)[C@@H](O[C@@H]4O[C@@H](C)[C@@H](O)[C@@H](O)[C@@H]4O)[C@H](O[C@@H]4O[C@H](CO)[C@H](O)[C@H](O[C@]5(C(=O)O)C[C@H](O)[C@@H](NC(C)=O)[C@H]([C@H](O)[C@H](O)CO)O5)[C@H]4O)[C@H]3NC(C)=O)[C@H]2O)[C@H](O)[C@H]1O)NC(=O)CCCCCCCCCCCCCCCCC. The fraction of sp³-hybridized carbons (Fsp3) is 0.911. The predicted molar refractivity (Wildman–Crippen MR) is 471 cm³/mol. The third kappa shape index (κ3) is 34.1. The number of carbonyl (C=O) groups excluding carboxylic acids is 4. The molecule has 39 atom stereocenters. The van der Waals surface area contributed by atoms with Gasteiger partial charge in [-0.15, -0.1) is 0 Å². The largest absolute Gasteiger partial charge is 0.477 e. The number of hydrogen-bond acceptors (Lipinski definition) is 41. The van der Waals surface area contributed by atoms with Crippen molar-refractivity contribution in [3.05, 3.63) is 12.2 Å². The minimum atomic E-state index is -3.45. The second kappa shape index (κ2) is 59.6. The lowest BCUT2D eigenvalue weighted by atomic mass is 9.88. The molecule has 0 radical (unpaired) electrons. The third-order valence-corrected chi connectivity index (χ3v) is 26.1. The molecule has 7 saturated heterocycles. The van der Waals surface area contributed by atoms with Gasteiger partial charge in [0.05, 0.1) is 88.8 Å². The van der Waals surface area contributed by atoms with Gasteiger partial charge in [0.2, 0.25) is 23.6 Å². The van der Waals surface area contributed by atoms with Gasteiger partial charge in [-0.25, -0.2) is 9.59 Å². The molecule has 4 amide bonds. The first-order chi connectivity index (χ1) is 65.2. The Hall–Kier alpha value is -4.84. The Morgan fingerprint density at radius 3 is 1.27 bits per heavy atom. The smallest absolute Gasteiger partial charge is 0.364 e. The van der Waals surface area contributed by atoms with Crippen LogP contribution in [-0.2, 0) is 95.1 Å². The highest BCUT2D eigenvalue weighted by Crippen LogP contribution is 2.43. The molecule has 796 valence electrons. The number of ether oxygens (including phenoxy) is 14. The van der Waals surface area contributed by atoms with Crippen molar-refractivity contribution in [3.63, 3.8) is 0 Å². The Kier molecular flexibility index (Phi) is 51.8. The van der Waals surface area contributed by atoms with Crippen LogP contribution in [0.4, 0.5) is 0 Å². The lowest BCUT2D eigenvalue weighted by Gasteiger charge is -2.53. The maximum atomic E-state index is 14.0. The van der Waals surface area contributed by atoms with E-state index in [0.29, 0.717) is 12.8 Å². The lowest BCUT2D eigenvalue weighted by molar-refractivity contribution is -0.402. The maximum absolute atomic E-state index is 14.0. The molecule has 0 bridgehead atoms. The molecule has 0 aromatic rings. The molecule has 0 unspecified atom stereocenters. The summed E-state index contributed by atoms with van der Waals surface area (Å²) in [5, 5.41) is 272. The van der Waals surface area contributed by atoms with Gasteiger partial charge >= 0.3 is 11.9 Å². The summed E-state index contributed by atoms with van der Waals surface area (Å²) in [5.41, 5.74) is 0. The number of hydrogen-bond donors (Lipinski definition) is 27. The van der Waals surface area contributed by atoms with Gasteiger partial charge in [-0.1, -0.05) is 180 Å². The van der Waals surface area contributed by atoms with E-state index in [-0.39, 0.29) is 6.42 Å². The summed E-state index contributed by atoms with van der Waals surface area (Å²) in [6.07, 6.45) is -43.9. The van der Waals surface area contributed by atoms with Gasteiger partial charge in [-0.2, -0.15) is 0 Å². The van der Waals surface area contributed by atoms with Crippen LogP contribution < -0.4 is 21.3 Å². The summed E-state index contributed by atoms with van der Waals surface area (Å²) in [6.45, 7) is 0.0314. The molecular weight excluding hydrogens is 1820 g/mol. The topological polar surface area (TPSA) is 745 Å². The fourth-order valence-corrected chi connectivity index (χ4v) is 18.2. The molecular formula is C90H158N4O43. The first-order valence-electron chi connectivity index (χ1n) is 48.6. The Morgan fingerprint density at radius 1 is 0.409 bits per heavy atom. The van der Waals surface area contributed by atoms with Gasteiger partial charge in [0, 0.05) is 40.0 Å². The number of carboxylic acids is 2. The van der Waals surface area contributed by atoms with Crippen molar-refractivity contribution in [1.29, 1.82) is 0 Å². The number of carboxylic acid groups (broad SMARTS) is 2. The zero-order valence-electron chi connectivity index (χ0n) is 79.1. The predicted octanol–water partition coefficient (Wildman–Crippen LogP) is -5.02. The summed E-state index contributed by atoms with van der Waals surface area (Å²) >= 11 is 0. The number of rotatable bonds is 61. The molecule has 7 rings (SSSR count). The second-order valence-electron chi connectivity index (χ2n) is 37.1. The Labute approximate surface area is 797 Å². The molecule has 47 heteroatoms. The summed E-state index contributed by atoms with van der Waals surface area (Å²) < 4.78 is 85.6. The molecule has 47 nitrogen and oxygen atoms in total. The van der Waals surface area contributed by atoms with Crippen molar-refractivity contribution in [2.75, 3.05) is 46.2 Å². The van der Waals surface area contributed by atoms with Crippen molar-refractivity contribution < 1.29 is 213 Å². The molecule has 7 aliphatic heterocycles. The minimum Gasteiger partial charge on any atom is -0.477 e. The highest BCUT2D eigenvalue weighted by Gasteiger charge is 2.64. The molecule has 7 fully saturated rings. The first-order valence-corrected chi connectivity index (χ1v) is 48.6. The average Bonchev–Trinajstić information content (AvgIpc) is 0.746. The van der Waals surface area contributed by atoms with E-state index in [2.05, 4.69) is 35.1 Å². The van der Waals surface area contributed by atoms with Gasteiger partial charge in [-0.05, 0) is 26.2 Å². The van der Waals surface area contributed by atoms with Crippen LogP contribution in [0.3, 0.4) is 0 Å². The summed E-state index contributed by atoms with van der Waals surface area (Å²) in [6, 6.07) is -7.17. The van der Waals surface area contributed by atoms with Crippen LogP contribution in [-0.4, -0.2) is 437 Å². The van der Waals surface area contributed by atoms with E-state index in [9.17, 15) is 146 Å². The number of aliphatic hydroxyl groups excluding tert-OH is 21. The number of carbonyl (C=O) groups is 6. The summed E-state index contributed by atoms with van der Waals surface area (Å²) in [4.78, 5) is 80.5. The molecule has 0 aliphatic carbocycles. The Morgan fingerprint density at radius 2 is 0.803 bits per heavy atom. The van der Waals surface area contributed by atoms with Crippen LogP contribution in [0.15, 0.2) is 12.2 Å². The first kappa shape index (κ1) is 119. The summed E-state index contributed by atoms with van der Waals surface area (Å²) in [5.74, 6) is -14.7. The van der Waals surface area contributed by atoms with Crippen LogP contribution in [0.2, 0.25) is 0 Å². The van der Waals surface area contributed by atoms with Gasteiger partial charge in [0.15, 0.2) is 31.5 Å². The lowest BCUT2D eigenvalue weighted by Crippen LogP contribution is -2.72. The molecule has 27 N–H and O–H groups in total. The maximum Gasteiger partial charge on any atom is 0.364 e. The molecule has 7 aliphatic rings. The minimum absolute atomic E-state index is 0.0946. The number of amides is 4. The van der Waals surface area contributed by atoms with E-state index >= 15 is 0 Å². The number of aliphatic hydroxyl groups is 21. The third-order valence-electron chi connectivity index (χ3n) is 26.1. The second-order valence-corrected chi connectivity index (χ2v) is 37.1. The highest BCUT2D eigenvalue weighted by molar-refractivity contribution is 5.78. The Balaban J connectivity index is 1.23. The Bertz CT molecular complexity index is 3520. The molecule has 7 heterocycles. The van der Waals surface area contributed by atoms with Crippen molar-refractivity contribution >= 4 is 35.6 Å². The van der Waals surface area contributed by atoms with Crippen LogP contribution in [0, 0.1) is 0 Å². The van der Waals surface area contributed by atoms with Crippen LogP contribution in [0.1, 0.15) is 234 Å². The monoisotopic (exact) mass is 1980 g/mol. The number of nitrogens with one attached hydrogen (secondary N) is 4. The highest BCUT2D eigenvalue weighted by atomic mass is 16.8. The van der Waals surface area contributed by atoms with Crippen LogP contribution in [0.25, 0.3) is 0 Å². The van der Waals surface area contributed by atoms with E-state index in [1.165, 1.54) is 109 Å². The van der Waals surface area contributed by atoms with Crippen LogP contribution >= 0.6 is 0 Å². The zero-order chi connectivity index (χ0) is 101. The van der Waals surface area contributed by atoms with E-state index in [1.807, 2.05) is 0 Å². The fourth-order valence-electron chi connectivity index (χ4n) is 18.2. The standard InChI is InChI=1S/C90H158N4O43/c1-7-9-11-13-15-17-19-21-22-24-26-28-30-32-34-36-60(108)94-50(51(103)35-33-31-29-27-25-23-20-18-16-14-12-10-8-2)44-124-83-72(117)70(115)75(58(43-99)129-83)131-85-73(118)80(67(112)56(41-97)127-85)134-82-63(93-49(6)102)79(133-86-74(119)81(68(113)57(42-98)128-86)137-90(88(122)123)38-53(105)62(92-48(5)101)78(136-90)66(111)55(107)40-96)76(132-84-71(116)69(114)64(109)46(3)126-84)59(130-82)45-125-89(87(120)121)37-52(104)61(91-47(4)100)77(135-89)65(110)54(106)39-95/h33,35,46,50-59,61-86,95-99,103-107,109-119H,7-32,34,36-45H2,1-6H3,(H,91,100)(H,92,101)(H,93,102)(H,94,108)(H,120,121)(H,122,123)/b35-33+/t46-,50-,51+,52-,53-,54+,55+,56+,57+,58+,59+,61+,62+,63+,64+,65+,66+,67-,68-,69+,70+,71-,72+,73+,74+,75+,76+,77+,78+,79+,80-,81-,82-,83+,84-,85-,86-,89+,90-/m0/s1. The van der Waals surface area contributed by atoms with E-state index in [0.717, 1.165) is 85.0 Å². The molecule has 0 aromatic carbocycles. The van der Waals surface area contributed by atoms with Gasteiger partial charge in [0.1, 0.15) is 153 Å². The normalized spacial score (nSPS) is 36.8. The van der Waals surface area contributed by atoms with Crippen molar-refractivity contribution in [2.24, 2.45) is 0 Å². The molecule has 0 saturated carbocycles. The number of aliphatic carboxylic acids is 2. The number of allylic oxidation sites excluding steroid dienone is 1. The van der Waals surface area contributed by atoms with E-state index < -0.39 is 333 Å².